The number of nitrogens with one attached hydrogen (secondary N) is 1. The summed E-state index contributed by atoms with van der Waals surface area (Å²) in [5.41, 5.74) is 0.0422. The molecule has 4 unspecified atom stereocenters. The number of fused-ring (bicyclic) bond motifs is 1. The van der Waals surface area contributed by atoms with Crippen molar-refractivity contribution < 1.29 is 58.5 Å². The number of aliphatic hydroxyl groups is 1. The van der Waals surface area contributed by atoms with Gasteiger partial charge in [0.2, 0.25) is 6.41 Å². The number of carbonyl (C=O) groups is 3. The summed E-state index contributed by atoms with van der Waals surface area (Å²) in [7, 11) is 1.41. The second-order valence-electron chi connectivity index (χ2n) is 6.38. The first kappa shape index (κ1) is 23.7. The fourth-order valence-electron chi connectivity index (χ4n) is 2.89. The Balaban J connectivity index is 0.00000364. The molecule has 2 aliphatic heterocycles. The van der Waals surface area contributed by atoms with Crippen LogP contribution in [0.4, 0.5) is 0 Å². The number of nitrogens with zero attached hydrogens (tertiary/aromatic N) is 1. The van der Waals surface area contributed by atoms with Gasteiger partial charge >= 0.3 is 5.97 Å². The van der Waals surface area contributed by atoms with E-state index in [0.29, 0.717) is 6.41 Å². The maximum Gasteiger partial charge on any atom is 0.302 e. The summed E-state index contributed by atoms with van der Waals surface area (Å²) >= 11 is 0. The molecule has 2 rings (SSSR count). The quantitative estimate of drug-likeness (QED) is 0.226. The van der Waals surface area contributed by atoms with E-state index in [-0.39, 0.29) is 38.9 Å². The van der Waals surface area contributed by atoms with Crippen molar-refractivity contribution in [2.45, 2.75) is 51.1 Å². The molecule has 2 N–H and O–H groups in total. The Kier molecular flexibility index (Phi) is 8.52. The molecule has 0 saturated carbocycles. The molecule has 27 heavy (non-hydrogen) atoms. The summed E-state index contributed by atoms with van der Waals surface area (Å²) in [4.78, 5) is 35.7. The molecule has 2 aliphatic rings. The smallest absolute Gasteiger partial charge is 0.302 e. The van der Waals surface area contributed by atoms with E-state index in [1.807, 2.05) is 0 Å². The topological polar surface area (TPSA) is 124 Å². The van der Waals surface area contributed by atoms with Crippen LogP contribution in [0.25, 0.3) is 0 Å². The van der Waals surface area contributed by atoms with Gasteiger partial charge < -0.3 is 29.4 Å². The summed E-state index contributed by atoms with van der Waals surface area (Å²) in [6, 6.07) is 0. The summed E-state index contributed by atoms with van der Waals surface area (Å²) in [5.74, 6) is -1.98. The van der Waals surface area contributed by atoms with Gasteiger partial charge in [0.1, 0.15) is 24.9 Å². The number of hydrogen-bond acceptors (Lipinski definition) is 8. The van der Waals surface area contributed by atoms with Gasteiger partial charge in [0.15, 0.2) is 12.0 Å². The molecular weight excluding hydrogens is 540 g/mol. The Bertz CT molecular complexity index is 597. The second kappa shape index (κ2) is 9.72. The van der Waals surface area contributed by atoms with E-state index in [4.69, 9.17) is 18.9 Å². The average molecular weight is 565 g/mol. The van der Waals surface area contributed by atoms with Crippen LogP contribution in [-0.2, 0) is 53.4 Å². The van der Waals surface area contributed by atoms with Gasteiger partial charge in [-0.3, -0.25) is 19.3 Å². The monoisotopic (exact) mass is 565 g/mol. The first-order valence-electron chi connectivity index (χ1n) is 8.13. The van der Waals surface area contributed by atoms with Crippen LogP contribution in [0.3, 0.4) is 0 Å². The molecule has 0 aliphatic carbocycles. The molecule has 0 aromatic heterocycles. The molecule has 10 nitrogen and oxygen atoms in total. The van der Waals surface area contributed by atoms with Crippen molar-refractivity contribution in [1.82, 2.24) is 10.2 Å². The third kappa shape index (κ3) is 5.56. The molecule has 0 spiro atoms. The third-order valence-corrected chi connectivity index (χ3v) is 3.98. The second-order valence-corrected chi connectivity index (χ2v) is 6.38. The minimum atomic E-state index is -0.909. The Morgan fingerprint density at radius 2 is 1.93 bits per heavy atom. The van der Waals surface area contributed by atoms with Gasteiger partial charge in [-0.25, -0.2) is 0 Å². The maximum atomic E-state index is 12.0. The van der Waals surface area contributed by atoms with E-state index in [0.717, 1.165) is 4.90 Å². The van der Waals surface area contributed by atoms with Crippen LogP contribution in [0.5, 0.6) is 0 Å². The summed E-state index contributed by atoms with van der Waals surface area (Å²) in [5, 5.41) is 11.9. The van der Waals surface area contributed by atoms with E-state index in [1.54, 1.807) is 13.8 Å². The minimum Gasteiger partial charge on any atom is -0.461 e. The molecule has 155 valence electrons. The number of carbonyl (C=O) groups excluding carboxylic acids is 3. The standard InChI is InChI=1S/C16H24N2O8.Ir/c1-9(21)23-7-10(14(22)17-4)5-18(8-20)15-13-12(11(6-19)24-15)25-16(2,3)26-13;/h5,8,11-13,15,19H,6-7H2,1-4H3,(H,17,22);/b10-5-;. The van der Waals surface area contributed by atoms with Crippen LogP contribution in [0, 0.1) is 0 Å². The van der Waals surface area contributed by atoms with Crippen molar-refractivity contribution in [3.63, 3.8) is 0 Å². The third-order valence-electron chi connectivity index (χ3n) is 3.98. The van der Waals surface area contributed by atoms with Gasteiger partial charge in [0.25, 0.3) is 5.91 Å². The Hall–Kier alpha value is -1.36. The largest absolute Gasteiger partial charge is 0.461 e. The minimum absolute atomic E-state index is 0. The normalized spacial score (nSPS) is 28.7. The van der Waals surface area contributed by atoms with Crippen LogP contribution in [-0.4, -0.2) is 78.9 Å². The molecule has 2 heterocycles. The molecule has 2 saturated heterocycles. The number of likely N-dealkylation sites (N-methyl/N-ethyl adjacent to an activating group) is 1. The first-order valence-corrected chi connectivity index (χ1v) is 8.13. The zero-order valence-electron chi connectivity index (χ0n) is 15.5. The van der Waals surface area contributed by atoms with Gasteiger partial charge in [0, 0.05) is 40.3 Å². The van der Waals surface area contributed by atoms with Crippen LogP contribution >= 0.6 is 0 Å². The van der Waals surface area contributed by atoms with Crippen molar-refractivity contribution in [1.29, 1.82) is 0 Å². The maximum absolute atomic E-state index is 12.0. The summed E-state index contributed by atoms with van der Waals surface area (Å²) < 4.78 is 22.1. The van der Waals surface area contributed by atoms with Gasteiger partial charge in [-0.15, -0.1) is 0 Å². The van der Waals surface area contributed by atoms with Crippen molar-refractivity contribution in [3.8, 4) is 0 Å². The number of amides is 2. The van der Waals surface area contributed by atoms with E-state index < -0.39 is 42.2 Å². The molecule has 2 fully saturated rings. The molecule has 0 aromatic carbocycles. The average Bonchev–Trinajstić information content (AvgIpc) is 3.07. The number of ether oxygens (including phenoxy) is 4. The van der Waals surface area contributed by atoms with Crippen LogP contribution < -0.4 is 5.32 Å². The van der Waals surface area contributed by atoms with Crippen molar-refractivity contribution in [2.24, 2.45) is 0 Å². The van der Waals surface area contributed by atoms with Crippen molar-refractivity contribution in [3.05, 3.63) is 11.8 Å². The predicted octanol–water partition coefficient (Wildman–Crippen LogP) is -1.13. The predicted molar refractivity (Wildman–Crippen MR) is 86.3 cm³/mol. The molecule has 2 amide bonds. The molecular formula is C16H24IrN2O8. The molecule has 0 aromatic rings. The van der Waals surface area contributed by atoms with E-state index >= 15 is 0 Å². The van der Waals surface area contributed by atoms with E-state index in [1.165, 1.54) is 20.2 Å². The molecule has 11 heteroatoms. The van der Waals surface area contributed by atoms with Gasteiger partial charge in [-0.2, -0.15) is 0 Å². The summed E-state index contributed by atoms with van der Waals surface area (Å²) in [6.45, 7) is 4.01. The van der Waals surface area contributed by atoms with Crippen LogP contribution in [0.2, 0.25) is 0 Å². The number of rotatable bonds is 7. The number of aliphatic hydroxyl groups excluding tert-OH is 1. The van der Waals surface area contributed by atoms with Crippen LogP contribution in [0.15, 0.2) is 11.8 Å². The van der Waals surface area contributed by atoms with Gasteiger partial charge in [-0.05, 0) is 13.8 Å². The van der Waals surface area contributed by atoms with E-state index in [2.05, 4.69) is 5.32 Å². The van der Waals surface area contributed by atoms with Gasteiger partial charge in [0.05, 0.1) is 12.2 Å². The Labute approximate surface area is 170 Å². The Morgan fingerprint density at radius 3 is 2.44 bits per heavy atom. The zero-order valence-corrected chi connectivity index (χ0v) is 17.9. The SMILES string of the molecule is CNC(=O)/C(=C\N(C=O)C1OC(CO)C2OC(C)(C)OC21)COC(C)=O.[Ir]. The summed E-state index contributed by atoms with van der Waals surface area (Å²) in [6.07, 6.45) is -1.11. The molecule has 4 atom stereocenters. The molecule has 1 radical (unpaired) electrons. The molecule has 0 bridgehead atoms. The first-order chi connectivity index (χ1) is 12.2. The van der Waals surface area contributed by atoms with Crippen LogP contribution in [0.1, 0.15) is 20.8 Å². The zero-order chi connectivity index (χ0) is 19.5. The number of esters is 1. The fourth-order valence-corrected chi connectivity index (χ4v) is 2.89. The van der Waals surface area contributed by atoms with Crippen molar-refractivity contribution >= 4 is 18.3 Å². The van der Waals surface area contributed by atoms with Crippen molar-refractivity contribution in [2.75, 3.05) is 20.3 Å². The van der Waals surface area contributed by atoms with Gasteiger partial charge in [-0.1, -0.05) is 0 Å². The number of hydrogen-bond donors (Lipinski definition) is 2. The Morgan fingerprint density at radius 1 is 1.30 bits per heavy atom. The van der Waals surface area contributed by atoms with E-state index in [9.17, 15) is 19.5 Å². The fraction of sp³-hybridized carbons (Fsp3) is 0.688.